The van der Waals surface area contributed by atoms with Gasteiger partial charge in [-0.1, -0.05) is 17.3 Å². The first-order valence-electron chi connectivity index (χ1n) is 6.59. The standard InChI is InChI=1S/C16H13N3O3/c1-21-14-7-3-2-6-12(14)18-16(20)13-9-15(22-19-13)11-5-4-8-17-10-11/h2-10H,1H3,(H,18,20). The molecule has 6 heteroatoms. The van der Waals surface area contributed by atoms with Gasteiger partial charge >= 0.3 is 0 Å². The Morgan fingerprint density at radius 3 is 2.86 bits per heavy atom. The molecule has 1 amide bonds. The molecule has 3 rings (SSSR count). The van der Waals surface area contributed by atoms with Gasteiger partial charge in [0.1, 0.15) is 5.75 Å². The van der Waals surface area contributed by atoms with Gasteiger partial charge in [0.2, 0.25) is 0 Å². The van der Waals surface area contributed by atoms with Crippen molar-refractivity contribution in [3.8, 4) is 17.1 Å². The molecule has 0 unspecified atom stereocenters. The highest BCUT2D eigenvalue weighted by atomic mass is 16.5. The van der Waals surface area contributed by atoms with Gasteiger partial charge in [-0.25, -0.2) is 0 Å². The number of pyridine rings is 1. The molecule has 0 saturated heterocycles. The summed E-state index contributed by atoms with van der Waals surface area (Å²) in [4.78, 5) is 16.2. The van der Waals surface area contributed by atoms with Gasteiger partial charge < -0.3 is 14.6 Å². The van der Waals surface area contributed by atoms with Crippen LogP contribution in [0.1, 0.15) is 10.5 Å². The quantitative estimate of drug-likeness (QED) is 0.800. The van der Waals surface area contributed by atoms with Crippen LogP contribution in [0.3, 0.4) is 0 Å². The minimum atomic E-state index is -0.372. The molecule has 0 aliphatic rings. The molecular weight excluding hydrogens is 282 g/mol. The van der Waals surface area contributed by atoms with E-state index in [2.05, 4.69) is 15.5 Å². The maximum Gasteiger partial charge on any atom is 0.277 e. The van der Waals surface area contributed by atoms with Crippen LogP contribution < -0.4 is 10.1 Å². The molecule has 0 atom stereocenters. The molecular formula is C16H13N3O3. The number of methoxy groups -OCH3 is 1. The van der Waals surface area contributed by atoms with Gasteiger partial charge in [-0.15, -0.1) is 0 Å². The van der Waals surface area contributed by atoms with E-state index in [4.69, 9.17) is 9.26 Å². The number of nitrogens with one attached hydrogen (secondary N) is 1. The zero-order valence-electron chi connectivity index (χ0n) is 11.8. The summed E-state index contributed by atoms with van der Waals surface area (Å²) in [7, 11) is 1.54. The molecule has 0 radical (unpaired) electrons. The second-order valence-electron chi connectivity index (χ2n) is 4.47. The lowest BCUT2D eigenvalue weighted by atomic mass is 10.2. The summed E-state index contributed by atoms with van der Waals surface area (Å²) >= 11 is 0. The molecule has 6 nitrogen and oxygen atoms in total. The van der Waals surface area contributed by atoms with Crippen LogP contribution in [-0.4, -0.2) is 23.2 Å². The van der Waals surface area contributed by atoms with Crippen LogP contribution in [0.15, 0.2) is 59.4 Å². The molecule has 110 valence electrons. The number of amides is 1. The van der Waals surface area contributed by atoms with Crippen molar-refractivity contribution < 1.29 is 14.1 Å². The minimum Gasteiger partial charge on any atom is -0.495 e. The van der Waals surface area contributed by atoms with Crippen molar-refractivity contribution in [2.75, 3.05) is 12.4 Å². The Morgan fingerprint density at radius 1 is 1.23 bits per heavy atom. The lowest BCUT2D eigenvalue weighted by Crippen LogP contribution is -2.12. The summed E-state index contributed by atoms with van der Waals surface area (Å²) < 4.78 is 10.4. The Morgan fingerprint density at radius 2 is 2.09 bits per heavy atom. The van der Waals surface area contributed by atoms with E-state index >= 15 is 0 Å². The highest BCUT2D eigenvalue weighted by Gasteiger charge is 2.15. The number of carbonyl (C=O) groups excluding carboxylic acids is 1. The number of ether oxygens (including phenoxy) is 1. The van der Waals surface area contributed by atoms with Crippen LogP contribution >= 0.6 is 0 Å². The third kappa shape index (κ3) is 2.80. The first-order valence-corrected chi connectivity index (χ1v) is 6.59. The average Bonchev–Trinajstić information content (AvgIpc) is 3.06. The summed E-state index contributed by atoms with van der Waals surface area (Å²) in [5, 5.41) is 6.53. The number of nitrogens with zero attached hydrogens (tertiary/aromatic N) is 2. The number of hydrogen-bond acceptors (Lipinski definition) is 5. The number of carbonyl (C=O) groups is 1. The van der Waals surface area contributed by atoms with Gasteiger partial charge in [0.25, 0.3) is 5.91 Å². The molecule has 22 heavy (non-hydrogen) atoms. The molecule has 2 aromatic heterocycles. The number of benzene rings is 1. The highest BCUT2D eigenvalue weighted by molar-refractivity contribution is 6.04. The second kappa shape index (κ2) is 6.09. The van der Waals surface area contributed by atoms with E-state index in [9.17, 15) is 4.79 Å². The molecule has 0 saturated carbocycles. The van der Waals surface area contributed by atoms with Gasteiger partial charge in [0.05, 0.1) is 12.8 Å². The maximum atomic E-state index is 12.2. The average molecular weight is 295 g/mol. The first-order chi connectivity index (χ1) is 10.8. The normalized spacial score (nSPS) is 10.2. The van der Waals surface area contributed by atoms with E-state index in [1.807, 2.05) is 18.2 Å². The van der Waals surface area contributed by atoms with E-state index in [1.54, 1.807) is 43.8 Å². The lowest BCUT2D eigenvalue weighted by Gasteiger charge is -2.07. The third-order valence-corrected chi connectivity index (χ3v) is 3.04. The van der Waals surface area contributed by atoms with E-state index in [-0.39, 0.29) is 11.6 Å². The topological polar surface area (TPSA) is 77.2 Å². The van der Waals surface area contributed by atoms with Gasteiger partial charge in [0, 0.05) is 24.0 Å². The number of para-hydroxylation sites is 2. The fourth-order valence-corrected chi connectivity index (χ4v) is 1.96. The number of hydrogen-bond donors (Lipinski definition) is 1. The number of rotatable bonds is 4. The maximum absolute atomic E-state index is 12.2. The lowest BCUT2D eigenvalue weighted by molar-refractivity contribution is 0.101. The summed E-state index contributed by atoms with van der Waals surface area (Å²) in [6.07, 6.45) is 3.30. The Bertz CT molecular complexity index is 784. The molecule has 2 heterocycles. The van der Waals surface area contributed by atoms with Gasteiger partial charge in [-0.05, 0) is 24.3 Å². The van der Waals surface area contributed by atoms with Crippen molar-refractivity contribution in [3.05, 3.63) is 60.6 Å². The van der Waals surface area contributed by atoms with Crippen LogP contribution in [0.2, 0.25) is 0 Å². The van der Waals surface area contributed by atoms with Crippen molar-refractivity contribution in [1.82, 2.24) is 10.1 Å². The van der Waals surface area contributed by atoms with Crippen molar-refractivity contribution in [2.24, 2.45) is 0 Å². The minimum absolute atomic E-state index is 0.185. The SMILES string of the molecule is COc1ccccc1NC(=O)c1cc(-c2cccnc2)on1. The van der Waals surface area contributed by atoms with Crippen molar-refractivity contribution in [1.29, 1.82) is 0 Å². The van der Waals surface area contributed by atoms with Gasteiger partial charge in [-0.2, -0.15) is 0 Å². The predicted octanol–water partition coefficient (Wildman–Crippen LogP) is 3.00. The second-order valence-corrected chi connectivity index (χ2v) is 4.47. The van der Waals surface area contributed by atoms with Crippen molar-refractivity contribution >= 4 is 11.6 Å². The fraction of sp³-hybridized carbons (Fsp3) is 0.0625. The summed E-state index contributed by atoms with van der Waals surface area (Å²) in [6.45, 7) is 0. The van der Waals surface area contributed by atoms with Crippen LogP contribution in [0.25, 0.3) is 11.3 Å². The monoisotopic (exact) mass is 295 g/mol. The van der Waals surface area contributed by atoms with Crippen molar-refractivity contribution in [2.45, 2.75) is 0 Å². The van der Waals surface area contributed by atoms with Crippen molar-refractivity contribution in [3.63, 3.8) is 0 Å². The zero-order chi connectivity index (χ0) is 15.4. The third-order valence-electron chi connectivity index (χ3n) is 3.04. The van der Waals surface area contributed by atoms with E-state index in [0.29, 0.717) is 17.2 Å². The molecule has 0 spiro atoms. The molecule has 0 fully saturated rings. The molecule has 1 aromatic carbocycles. The number of anilines is 1. The predicted molar refractivity (Wildman–Crippen MR) is 80.7 cm³/mol. The highest BCUT2D eigenvalue weighted by Crippen LogP contribution is 2.24. The Hall–Kier alpha value is -3.15. The fourth-order valence-electron chi connectivity index (χ4n) is 1.96. The Balaban J connectivity index is 1.80. The molecule has 0 aliphatic heterocycles. The van der Waals surface area contributed by atoms with Crippen LogP contribution in [-0.2, 0) is 0 Å². The molecule has 3 aromatic rings. The smallest absolute Gasteiger partial charge is 0.277 e. The van der Waals surface area contributed by atoms with Gasteiger partial charge in [0.15, 0.2) is 11.5 Å². The summed E-state index contributed by atoms with van der Waals surface area (Å²) in [5.74, 6) is 0.688. The first kappa shape index (κ1) is 13.8. The van der Waals surface area contributed by atoms with Gasteiger partial charge in [-0.3, -0.25) is 9.78 Å². The van der Waals surface area contributed by atoms with Crippen LogP contribution in [0.4, 0.5) is 5.69 Å². The summed E-state index contributed by atoms with van der Waals surface area (Å²) in [5.41, 5.74) is 1.51. The zero-order valence-corrected chi connectivity index (χ0v) is 11.8. The van der Waals surface area contributed by atoms with Crippen LogP contribution in [0.5, 0.6) is 5.75 Å². The molecule has 1 N–H and O–H groups in total. The molecule has 0 bridgehead atoms. The van der Waals surface area contributed by atoms with E-state index in [0.717, 1.165) is 5.56 Å². The molecule has 0 aliphatic carbocycles. The number of aromatic nitrogens is 2. The van der Waals surface area contributed by atoms with E-state index in [1.165, 1.54) is 0 Å². The Labute approximate surface area is 126 Å². The largest absolute Gasteiger partial charge is 0.495 e. The summed E-state index contributed by atoms with van der Waals surface area (Å²) in [6, 6.07) is 12.3. The van der Waals surface area contributed by atoms with Crippen LogP contribution in [0, 0.1) is 0 Å². The Kier molecular flexibility index (Phi) is 3.82. The van der Waals surface area contributed by atoms with E-state index < -0.39 is 0 Å².